The van der Waals surface area contributed by atoms with Crippen molar-refractivity contribution in [1.29, 1.82) is 5.26 Å². The first-order valence-electron chi connectivity index (χ1n) is 10.7. The number of aromatic nitrogens is 6. The first-order valence-corrected chi connectivity index (χ1v) is 12.3. The van der Waals surface area contributed by atoms with Gasteiger partial charge < -0.3 is 4.98 Å². The van der Waals surface area contributed by atoms with Crippen molar-refractivity contribution in [3.63, 3.8) is 0 Å². The highest BCUT2D eigenvalue weighted by Crippen LogP contribution is 2.27. The highest BCUT2D eigenvalue weighted by atomic mass is 32.2. The minimum absolute atomic E-state index is 0.0915. The van der Waals surface area contributed by atoms with Gasteiger partial charge in [-0.05, 0) is 31.4 Å². The summed E-state index contributed by atoms with van der Waals surface area (Å²) in [6.07, 6.45) is 6.73. The van der Waals surface area contributed by atoms with Gasteiger partial charge in [0.1, 0.15) is 5.52 Å². The molecule has 1 aliphatic heterocycles. The maximum absolute atomic E-state index is 12.8. The summed E-state index contributed by atoms with van der Waals surface area (Å²) in [6.45, 7) is 2.53. The van der Waals surface area contributed by atoms with Crippen LogP contribution in [0.4, 0.5) is 0 Å². The van der Waals surface area contributed by atoms with Gasteiger partial charge in [-0.3, -0.25) is 4.57 Å². The van der Waals surface area contributed by atoms with Gasteiger partial charge in [-0.1, -0.05) is 6.92 Å². The molecule has 0 spiro atoms. The van der Waals surface area contributed by atoms with Crippen LogP contribution in [0.2, 0.25) is 0 Å². The first-order chi connectivity index (χ1) is 15.9. The van der Waals surface area contributed by atoms with Crippen LogP contribution in [0.15, 0.2) is 35.5 Å². The molecule has 1 aliphatic rings. The third-order valence-corrected chi connectivity index (χ3v) is 7.97. The molecule has 1 saturated heterocycles. The van der Waals surface area contributed by atoms with Gasteiger partial charge in [-0.2, -0.15) is 14.7 Å². The molecular weight excluding hydrogens is 444 g/mol. The molecule has 1 atom stereocenters. The van der Waals surface area contributed by atoms with E-state index < -0.39 is 10.0 Å². The summed E-state index contributed by atoms with van der Waals surface area (Å²) < 4.78 is 29.9. The fourth-order valence-corrected chi connectivity index (χ4v) is 5.96. The summed E-state index contributed by atoms with van der Waals surface area (Å²) in [5.74, 6) is 0.459. The summed E-state index contributed by atoms with van der Waals surface area (Å²) in [4.78, 5) is 24.7. The van der Waals surface area contributed by atoms with Crippen LogP contribution in [-0.4, -0.2) is 60.7 Å². The number of aromatic amines is 1. The molecule has 33 heavy (non-hydrogen) atoms. The van der Waals surface area contributed by atoms with Crippen LogP contribution in [0.5, 0.6) is 0 Å². The molecule has 4 aromatic rings. The minimum atomic E-state index is -3.36. The number of hydrogen-bond donors (Lipinski definition) is 1. The molecule has 170 valence electrons. The zero-order valence-electron chi connectivity index (χ0n) is 18.0. The Kier molecular flexibility index (Phi) is 5.22. The largest absolute Gasteiger partial charge is 0.328 e. The maximum atomic E-state index is 12.8. The Hall–Kier alpha value is -3.56. The van der Waals surface area contributed by atoms with Crippen molar-refractivity contribution in [3.8, 4) is 17.5 Å². The lowest BCUT2D eigenvalue weighted by Gasteiger charge is -2.32. The number of nitrogens with zero attached hydrogens (tertiary/aromatic N) is 7. The Labute approximate surface area is 189 Å². The van der Waals surface area contributed by atoms with E-state index >= 15 is 0 Å². The minimum Gasteiger partial charge on any atom is -0.303 e. The predicted octanol–water partition coefficient (Wildman–Crippen LogP) is 1.68. The Morgan fingerprint density at radius 2 is 2.18 bits per heavy atom. The number of piperidine rings is 1. The molecule has 5 heterocycles. The second-order valence-corrected chi connectivity index (χ2v) is 10.2. The van der Waals surface area contributed by atoms with Gasteiger partial charge in [0.05, 0.1) is 46.9 Å². The van der Waals surface area contributed by atoms with E-state index in [4.69, 9.17) is 0 Å². The van der Waals surface area contributed by atoms with Gasteiger partial charge in [-0.15, -0.1) is 0 Å². The lowest BCUT2D eigenvalue weighted by Crippen LogP contribution is -2.43. The highest BCUT2D eigenvalue weighted by Gasteiger charge is 2.31. The van der Waals surface area contributed by atoms with Crippen LogP contribution in [0.3, 0.4) is 0 Å². The normalized spacial score (nSPS) is 17.5. The molecule has 1 unspecified atom stereocenters. The van der Waals surface area contributed by atoms with Crippen LogP contribution >= 0.6 is 0 Å². The van der Waals surface area contributed by atoms with E-state index in [9.17, 15) is 18.5 Å². The van der Waals surface area contributed by atoms with Crippen molar-refractivity contribution in [1.82, 2.24) is 33.4 Å². The van der Waals surface area contributed by atoms with Gasteiger partial charge in [-0.25, -0.2) is 27.7 Å². The maximum Gasteiger partial charge on any atom is 0.328 e. The van der Waals surface area contributed by atoms with Crippen LogP contribution < -0.4 is 5.69 Å². The molecule has 4 aromatic heterocycles. The standard InChI is InChI=1S/C21H22N8O3S/c1-2-8-33(31,32)27-6-3-4-15(13-27)29-20-17(25-21(29)30)12-23-19(26-20)16-11-24-28-7-5-14(10-22)9-18(16)28/h5,7,9,11-12,15H,2-4,6,8,13H2,1H3,(H,25,30). The average Bonchev–Trinajstić information content (AvgIpc) is 3.38. The van der Waals surface area contributed by atoms with Gasteiger partial charge in [0.25, 0.3) is 0 Å². The molecule has 1 N–H and O–H groups in total. The number of nitrogens with one attached hydrogen (secondary N) is 1. The number of pyridine rings is 1. The summed E-state index contributed by atoms with van der Waals surface area (Å²) in [5.41, 5.74) is 2.34. The Morgan fingerprint density at radius 3 is 2.97 bits per heavy atom. The number of H-pyrrole nitrogens is 1. The van der Waals surface area contributed by atoms with E-state index in [-0.39, 0.29) is 24.0 Å². The molecule has 11 nitrogen and oxygen atoms in total. The molecule has 0 amide bonds. The van der Waals surface area contributed by atoms with Crippen molar-refractivity contribution in [3.05, 3.63) is 46.8 Å². The van der Waals surface area contributed by atoms with Crippen molar-refractivity contribution in [2.75, 3.05) is 18.8 Å². The number of imidazole rings is 1. The fraction of sp³-hybridized carbons (Fsp3) is 0.381. The molecule has 0 radical (unpaired) electrons. The third-order valence-electron chi connectivity index (χ3n) is 5.93. The first kappa shape index (κ1) is 21.3. The van der Waals surface area contributed by atoms with Crippen LogP contribution in [0, 0.1) is 11.3 Å². The van der Waals surface area contributed by atoms with Crippen LogP contribution in [0.25, 0.3) is 28.1 Å². The van der Waals surface area contributed by atoms with Crippen molar-refractivity contribution in [2.45, 2.75) is 32.2 Å². The zero-order valence-corrected chi connectivity index (χ0v) is 18.8. The van der Waals surface area contributed by atoms with Gasteiger partial charge in [0, 0.05) is 19.3 Å². The van der Waals surface area contributed by atoms with Crippen molar-refractivity contribution < 1.29 is 8.42 Å². The predicted molar refractivity (Wildman–Crippen MR) is 121 cm³/mol. The van der Waals surface area contributed by atoms with E-state index in [0.29, 0.717) is 59.4 Å². The van der Waals surface area contributed by atoms with Crippen molar-refractivity contribution >= 4 is 26.7 Å². The quantitative estimate of drug-likeness (QED) is 0.471. The Morgan fingerprint density at radius 1 is 1.33 bits per heavy atom. The van der Waals surface area contributed by atoms with E-state index in [1.807, 2.05) is 6.92 Å². The van der Waals surface area contributed by atoms with E-state index in [1.165, 1.54) is 4.31 Å². The fourth-order valence-electron chi connectivity index (χ4n) is 4.38. The molecule has 0 bridgehead atoms. The molecule has 5 rings (SSSR count). The second kappa shape index (κ2) is 8.09. The van der Waals surface area contributed by atoms with E-state index in [1.54, 1.807) is 39.8 Å². The number of rotatable bonds is 5. The van der Waals surface area contributed by atoms with E-state index in [2.05, 4.69) is 26.1 Å². The topological polar surface area (TPSA) is 142 Å². The summed E-state index contributed by atoms with van der Waals surface area (Å²) in [7, 11) is -3.36. The third kappa shape index (κ3) is 3.69. The van der Waals surface area contributed by atoms with Crippen LogP contribution in [0.1, 0.15) is 37.8 Å². The van der Waals surface area contributed by atoms with Crippen LogP contribution in [-0.2, 0) is 10.0 Å². The molecule has 12 heteroatoms. The van der Waals surface area contributed by atoms with Gasteiger partial charge in [0.15, 0.2) is 11.5 Å². The Bertz CT molecular complexity index is 1560. The molecular formula is C21H22N8O3S. The molecule has 0 aromatic carbocycles. The summed E-state index contributed by atoms with van der Waals surface area (Å²) in [5, 5.41) is 13.5. The highest BCUT2D eigenvalue weighted by molar-refractivity contribution is 7.89. The van der Waals surface area contributed by atoms with Gasteiger partial charge in [0.2, 0.25) is 10.0 Å². The smallest absolute Gasteiger partial charge is 0.303 e. The number of nitriles is 1. The lowest BCUT2D eigenvalue weighted by molar-refractivity contribution is 0.266. The molecule has 1 fully saturated rings. The van der Waals surface area contributed by atoms with Crippen molar-refractivity contribution in [2.24, 2.45) is 0 Å². The SMILES string of the molecule is CCCS(=O)(=O)N1CCCC(n2c(=O)[nH]c3cnc(-c4cnn5ccc(C#N)cc45)nc32)C1. The second-order valence-electron chi connectivity index (χ2n) is 8.12. The number of hydrogen-bond acceptors (Lipinski definition) is 7. The van der Waals surface area contributed by atoms with E-state index in [0.717, 1.165) is 0 Å². The monoisotopic (exact) mass is 466 g/mol. The summed E-state index contributed by atoms with van der Waals surface area (Å²) >= 11 is 0. The summed E-state index contributed by atoms with van der Waals surface area (Å²) in [6, 6.07) is 5.15. The average molecular weight is 467 g/mol. The Balaban J connectivity index is 1.58. The number of sulfonamides is 1. The molecule has 0 saturated carbocycles. The molecule has 0 aliphatic carbocycles. The zero-order chi connectivity index (χ0) is 23.2. The number of fused-ring (bicyclic) bond motifs is 2. The van der Waals surface area contributed by atoms with Gasteiger partial charge >= 0.3 is 5.69 Å². The lowest BCUT2D eigenvalue weighted by atomic mass is 10.1.